The first-order valence-corrected chi connectivity index (χ1v) is 8.74. The largest absolute Gasteiger partial charge is 0.466 e. The molecule has 2 rings (SSSR count). The molecule has 1 unspecified atom stereocenters. The maximum absolute atomic E-state index is 11.8. The second-order valence-electron chi connectivity index (χ2n) is 5.74. The Morgan fingerprint density at radius 2 is 2.19 bits per heavy atom. The van der Waals surface area contributed by atoms with Crippen LogP contribution in [0.4, 0.5) is 0 Å². The normalized spacial score (nSPS) is 17.1. The Kier molecular flexibility index (Phi) is 6.18. The Labute approximate surface area is 130 Å². The molecule has 1 heterocycles. The lowest BCUT2D eigenvalue weighted by Gasteiger charge is -2.11. The number of amides is 1. The summed E-state index contributed by atoms with van der Waals surface area (Å²) in [7, 11) is 0. The van der Waals surface area contributed by atoms with Gasteiger partial charge >= 0.3 is 0 Å². The van der Waals surface area contributed by atoms with Gasteiger partial charge in [0.25, 0.3) is 0 Å². The highest BCUT2D eigenvalue weighted by atomic mass is 32.2. The van der Waals surface area contributed by atoms with Gasteiger partial charge in [-0.25, -0.2) is 0 Å². The topological polar surface area (TPSA) is 62.5 Å². The highest BCUT2D eigenvalue weighted by Gasteiger charge is 2.17. The molecule has 1 saturated carbocycles. The summed E-state index contributed by atoms with van der Waals surface area (Å²) in [4.78, 5) is 11.8. The van der Waals surface area contributed by atoms with Crippen LogP contribution in [-0.4, -0.2) is 28.6 Å². The highest BCUT2D eigenvalue weighted by Crippen LogP contribution is 2.29. The molecule has 21 heavy (non-hydrogen) atoms. The Bertz CT molecular complexity index is 466. The molecule has 2 N–H and O–H groups in total. The third kappa shape index (κ3) is 5.08. The van der Waals surface area contributed by atoms with E-state index in [0.29, 0.717) is 24.0 Å². The molecule has 1 fully saturated rings. The first-order valence-electron chi connectivity index (χ1n) is 7.69. The van der Waals surface area contributed by atoms with E-state index < -0.39 is 6.10 Å². The summed E-state index contributed by atoms with van der Waals surface area (Å²) in [6, 6.07) is 1.86. The van der Waals surface area contributed by atoms with Crippen LogP contribution in [0.15, 0.2) is 10.5 Å². The third-order valence-electron chi connectivity index (χ3n) is 3.93. The molecule has 0 aliphatic heterocycles. The van der Waals surface area contributed by atoms with E-state index in [-0.39, 0.29) is 5.91 Å². The van der Waals surface area contributed by atoms with Crippen LogP contribution in [0.2, 0.25) is 0 Å². The van der Waals surface area contributed by atoms with Gasteiger partial charge in [0.05, 0.1) is 11.9 Å². The van der Waals surface area contributed by atoms with Crippen molar-refractivity contribution in [2.75, 3.05) is 12.3 Å². The predicted octanol–water partition coefficient (Wildman–Crippen LogP) is 3.11. The average Bonchev–Trinajstić information content (AvgIpc) is 3.05. The summed E-state index contributed by atoms with van der Waals surface area (Å²) in [6.07, 6.45) is 5.03. The fourth-order valence-corrected chi connectivity index (χ4v) is 3.94. The molecule has 4 nitrogen and oxygen atoms in total. The summed E-state index contributed by atoms with van der Waals surface area (Å²) in [5.74, 6) is 2.16. The van der Waals surface area contributed by atoms with Crippen molar-refractivity contribution in [3.63, 3.8) is 0 Å². The van der Waals surface area contributed by atoms with Gasteiger partial charge in [0.2, 0.25) is 5.91 Å². The van der Waals surface area contributed by atoms with Crippen molar-refractivity contribution in [3.8, 4) is 0 Å². The lowest BCUT2D eigenvalue weighted by Crippen LogP contribution is -2.27. The molecular weight excluding hydrogens is 286 g/mol. The van der Waals surface area contributed by atoms with Gasteiger partial charge < -0.3 is 14.8 Å². The molecule has 1 atom stereocenters. The van der Waals surface area contributed by atoms with E-state index in [2.05, 4.69) is 5.32 Å². The van der Waals surface area contributed by atoms with Gasteiger partial charge in [0.1, 0.15) is 11.5 Å². The molecule has 1 aliphatic rings. The van der Waals surface area contributed by atoms with Crippen LogP contribution in [-0.2, 0) is 4.79 Å². The Morgan fingerprint density at radius 1 is 1.48 bits per heavy atom. The van der Waals surface area contributed by atoms with Gasteiger partial charge in [-0.05, 0) is 39.2 Å². The average molecular weight is 311 g/mol. The fraction of sp³-hybridized carbons (Fsp3) is 0.688. The third-order valence-corrected chi connectivity index (χ3v) is 5.30. The van der Waals surface area contributed by atoms with Crippen molar-refractivity contribution in [3.05, 3.63) is 23.2 Å². The SMILES string of the molecule is Cc1cc(C(O)CCNC(=O)CSC2CCCC2)c(C)o1. The van der Waals surface area contributed by atoms with Crippen molar-refractivity contribution >= 4 is 17.7 Å². The molecule has 1 aromatic heterocycles. The Hall–Kier alpha value is -0.940. The standard InChI is InChI=1S/C16H25NO3S/c1-11-9-14(12(2)20-11)15(18)7-8-17-16(19)10-21-13-5-3-4-6-13/h9,13,15,18H,3-8,10H2,1-2H3,(H,17,19). The number of furan rings is 1. The molecule has 0 radical (unpaired) electrons. The summed E-state index contributed by atoms with van der Waals surface area (Å²) < 4.78 is 5.41. The minimum absolute atomic E-state index is 0.0687. The van der Waals surface area contributed by atoms with Crippen molar-refractivity contribution in [2.45, 2.75) is 57.3 Å². The number of hydrogen-bond acceptors (Lipinski definition) is 4. The van der Waals surface area contributed by atoms with Gasteiger partial charge in [-0.3, -0.25) is 4.79 Å². The molecule has 5 heteroatoms. The van der Waals surface area contributed by atoms with E-state index >= 15 is 0 Å². The number of nitrogens with one attached hydrogen (secondary N) is 1. The second-order valence-corrected chi connectivity index (χ2v) is 7.03. The van der Waals surface area contributed by atoms with E-state index in [1.54, 1.807) is 11.8 Å². The van der Waals surface area contributed by atoms with Gasteiger partial charge in [-0.15, -0.1) is 11.8 Å². The molecule has 118 valence electrons. The van der Waals surface area contributed by atoms with Crippen LogP contribution in [0.3, 0.4) is 0 Å². The first-order chi connectivity index (χ1) is 10.1. The molecule has 1 amide bonds. The monoisotopic (exact) mass is 311 g/mol. The second kappa shape index (κ2) is 7.90. The van der Waals surface area contributed by atoms with E-state index in [0.717, 1.165) is 17.1 Å². The number of rotatable bonds is 7. The van der Waals surface area contributed by atoms with Crippen LogP contribution < -0.4 is 5.32 Å². The molecule has 0 saturated heterocycles. The Balaban J connectivity index is 1.64. The zero-order valence-electron chi connectivity index (χ0n) is 12.9. The number of aliphatic hydroxyl groups excluding tert-OH is 1. The summed E-state index contributed by atoms with van der Waals surface area (Å²) in [5.41, 5.74) is 0.821. The summed E-state index contributed by atoms with van der Waals surface area (Å²) in [6.45, 7) is 4.21. The van der Waals surface area contributed by atoms with E-state index in [1.165, 1.54) is 25.7 Å². The number of carbonyl (C=O) groups is 1. The van der Waals surface area contributed by atoms with Crippen molar-refractivity contribution in [1.82, 2.24) is 5.32 Å². The van der Waals surface area contributed by atoms with Crippen molar-refractivity contribution < 1.29 is 14.3 Å². The molecule has 0 bridgehead atoms. The van der Waals surface area contributed by atoms with Gasteiger partial charge in [0, 0.05) is 17.4 Å². The molecular formula is C16H25NO3S. The number of aliphatic hydroxyl groups is 1. The molecule has 1 aromatic rings. The van der Waals surface area contributed by atoms with Crippen molar-refractivity contribution in [2.24, 2.45) is 0 Å². The summed E-state index contributed by atoms with van der Waals surface area (Å²) in [5, 5.41) is 13.7. The van der Waals surface area contributed by atoms with E-state index in [4.69, 9.17) is 4.42 Å². The van der Waals surface area contributed by atoms with Gasteiger partial charge in [-0.2, -0.15) is 0 Å². The smallest absolute Gasteiger partial charge is 0.230 e. The van der Waals surface area contributed by atoms with Crippen LogP contribution in [0, 0.1) is 13.8 Å². The predicted molar refractivity (Wildman–Crippen MR) is 85.5 cm³/mol. The van der Waals surface area contributed by atoms with Crippen LogP contribution in [0.5, 0.6) is 0 Å². The maximum Gasteiger partial charge on any atom is 0.230 e. The molecule has 0 spiro atoms. The van der Waals surface area contributed by atoms with Crippen molar-refractivity contribution in [1.29, 1.82) is 0 Å². The zero-order chi connectivity index (χ0) is 15.2. The highest BCUT2D eigenvalue weighted by molar-refractivity contribution is 8.00. The Morgan fingerprint density at radius 3 is 2.81 bits per heavy atom. The van der Waals surface area contributed by atoms with E-state index in [9.17, 15) is 9.90 Å². The maximum atomic E-state index is 11.8. The van der Waals surface area contributed by atoms with Gasteiger partial charge in [0.15, 0.2) is 0 Å². The number of carbonyl (C=O) groups excluding carboxylic acids is 1. The minimum Gasteiger partial charge on any atom is -0.466 e. The van der Waals surface area contributed by atoms with Crippen LogP contribution in [0.25, 0.3) is 0 Å². The van der Waals surface area contributed by atoms with Crippen LogP contribution in [0.1, 0.15) is 55.3 Å². The fourth-order valence-electron chi connectivity index (χ4n) is 2.78. The molecule has 0 aromatic carbocycles. The number of thioether (sulfide) groups is 1. The van der Waals surface area contributed by atoms with Crippen LogP contribution >= 0.6 is 11.8 Å². The molecule has 1 aliphatic carbocycles. The quantitative estimate of drug-likeness (QED) is 0.812. The van der Waals surface area contributed by atoms with E-state index in [1.807, 2.05) is 19.9 Å². The number of hydrogen-bond donors (Lipinski definition) is 2. The lowest BCUT2D eigenvalue weighted by molar-refractivity contribution is -0.118. The summed E-state index contributed by atoms with van der Waals surface area (Å²) >= 11 is 1.76. The van der Waals surface area contributed by atoms with Gasteiger partial charge in [-0.1, -0.05) is 12.8 Å². The lowest BCUT2D eigenvalue weighted by atomic mass is 10.1. The first kappa shape index (κ1) is 16.4. The zero-order valence-corrected chi connectivity index (χ0v) is 13.7. The number of aryl methyl sites for hydroxylation is 2. The minimum atomic E-state index is -0.578.